The van der Waals surface area contributed by atoms with E-state index in [9.17, 15) is 13.2 Å². The van der Waals surface area contributed by atoms with Crippen molar-refractivity contribution in [3.05, 3.63) is 29.3 Å². The molecule has 0 N–H and O–H groups in total. The van der Waals surface area contributed by atoms with Crippen LogP contribution in [0, 0.1) is 13.8 Å². The average Bonchev–Trinajstić information content (AvgIpc) is 3.20. The van der Waals surface area contributed by atoms with Gasteiger partial charge < -0.3 is 4.90 Å². The number of aryl methyl sites for hydroxylation is 2. The van der Waals surface area contributed by atoms with Gasteiger partial charge in [0.05, 0.1) is 22.9 Å². The number of hydrogen-bond donors (Lipinski definition) is 0. The van der Waals surface area contributed by atoms with Gasteiger partial charge in [0, 0.05) is 12.6 Å². The Balaban J connectivity index is 1.72. The summed E-state index contributed by atoms with van der Waals surface area (Å²) in [7, 11) is -3.03. The standard InChI is InChI=1S/C17H23N5O3S2/c1-4-21(14-8-9-27(24,25)11-14)15(23)10-26-17-18-19-20-22(17)16-12(2)6-5-7-13(16)3/h5-7,14H,4,8-11H2,1-3H3/t14-/m0/s1. The van der Waals surface area contributed by atoms with Crippen LogP contribution < -0.4 is 0 Å². The molecule has 1 aromatic heterocycles. The first-order chi connectivity index (χ1) is 12.8. The predicted molar refractivity (Wildman–Crippen MR) is 104 cm³/mol. The molecule has 0 spiro atoms. The number of tetrazole rings is 1. The average molecular weight is 410 g/mol. The van der Waals surface area contributed by atoms with Gasteiger partial charge in [-0.1, -0.05) is 30.0 Å². The molecule has 0 radical (unpaired) electrons. The smallest absolute Gasteiger partial charge is 0.233 e. The number of para-hydroxylation sites is 1. The van der Waals surface area contributed by atoms with Gasteiger partial charge in [0.15, 0.2) is 9.84 Å². The first-order valence-electron chi connectivity index (χ1n) is 8.80. The molecule has 1 fully saturated rings. The van der Waals surface area contributed by atoms with Crippen LogP contribution in [-0.4, -0.2) is 69.3 Å². The molecule has 1 amide bonds. The predicted octanol–water partition coefficient (Wildman–Crippen LogP) is 1.41. The molecule has 1 saturated heterocycles. The minimum atomic E-state index is -3.03. The van der Waals surface area contributed by atoms with E-state index in [1.807, 2.05) is 39.0 Å². The van der Waals surface area contributed by atoms with Crippen LogP contribution in [-0.2, 0) is 14.6 Å². The second kappa shape index (κ2) is 7.97. The number of benzene rings is 1. The Hall–Kier alpha value is -1.94. The summed E-state index contributed by atoms with van der Waals surface area (Å²) in [5.41, 5.74) is 3.00. The fourth-order valence-corrected chi connectivity index (χ4v) is 5.91. The Kier molecular flexibility index (Phi) is 5.85. The Morgan fingerprint density at radius 3 is 2.63 bits per heavy atom. The maximum atomic E-state index is 12.7. The topological polar surface area (TPSA) is 98.1 Å². The van der Waals surface area contributed by atoms with E-state index < -0.39 is 9.84 Å². The minimum Gasteiger partial charge on any atom is -0.338 e. The second-order valence-corrected chi connectivity index (χ2v) is 9.81. The normalized spacial score (nSPS) is 18.6. The summed E-state index contributed by atoms with van der Waals surface area (Å²) in [6.45, 7) is 6.33. The monoisotopic (exact) mass is 409 g/mol. The quantitative estimate of drug-likeness (QED) is 0.665. The molecular formula is C17H23N5O3S2. The molecule has 1 atom stereocenters. The molecule has 3 rings (SSSR count). The zero-order valence-electron chi connectivity index (χ0n) is 15.6. The number of carbonyl (C=O) groups is 1. The van der Waals surface area contributed by atoms with Crippen molar-refractivity contribution in [1.29, 1.82) is 0 Å². The number of sulfone groups is 1. The SMILES string of the molecule is CCN(C(=O)CSc1nnnn1-c1c(C)cccc1C)[C@H]1CCS(=O)(=O)C1. The summed E-state index contributed by atoms with van der Waals surface area (Å²) in [6.07, 6.45) is 0.507. The summed E-state index contributed by atoms with van der Waals surface area (Å²) in [5, 5.41) is 12.4. The summed E-state index contributed by atoms with van der Waals surface area (Å²) < 4.78 is 25.1. The van der Waals surface area contributed by atoms with Crippen LogP contribution in [0.2, 0.25) is 0 Å². The van der Waals surface area contributed by atoms with E-state index in [-0.39, 0.29) is 29.2 Å². The largest absolute Gasteiger partial charge is 0.338 e. The first-order valence-corrected chi connectivity index (χ1v) is 11.6. The van der Waals surface area contributed by atoms with Crippen LogP contribution in [0.1, 0.15) is 24.5 Å². The van der Waals surface area contributed by atoms with Crippen molar-refractivity contribution in [1.82, 2.24) is 25.1 Å². The molecule has 0 aliphatic carbocycles. The van der Waals surface area contributed by atoms with E-state index in [1.54, 1.807) is 9.58 Å². The van der Waals surface area contributed by atoms with Gasteiger partial charge in [-0.05, 0) is 48.7 Å². The first kappa shape index (κ1) is 19.8. The Labute approximate surface area is 163 Å². The van der Waals surface area contributed by atoms with Crippen molar-refractivity contribution in [2.45, 2.75) is 38.4 Å². The van der Waals surface area contributed by atoms with Crippen LogP contribution in [0.25, 0.3) is 5.69 Å². The maximum absolute atomic E-state index is 12.7. The Morgan fingerprint density at radius 2 is 2.04 bits per heavy atom. The van der Waals surface area contributed by atoms with E-state index in [2.05, 4.69) is 15.5 Å². The van der Waals surface area contributed by atoms with Gasteiger partial charge in [0.25, 0.3) is 0 Å². The van der Waals surface area contributed by atoms with Crippen LogP contribution in [0.3, 0.4) is 0 Å². The maximum Gasteiger partial charge on any atom is 0.233 e. The van der Waals surface area contributed by atoms with Crippen molar-refractivity contribution in [3.63, 3.8) is 0 Å². The van der Waals surface area contributed by atoms with Gasteiger partial charge in [-0.25, -0.2) is 8.42 Å². The summed E-state index contributed by atoms with van der Waals surface area (Å²) >= 11 is 1.26. The number of carbonyl (C=O) groups excluding carboxylic acids is 1. The number of aromatic nitrogens is 4. The highest BCUT2D eigenvalue weighted by atomic mass is 32.2. The van der Waals surface area contributed by atoms with Crippen molar-refractivity contribution in [2.24, 2.45) is 0 Å². The summed E-state index contributed by atoms with van der Waals surface area (Å²) in [6, 6.07) is 5.72. The number of thioether (sulfide) groups is 1. The van der Waals surface area contributed by atoms with E-state index in [1.165, 1.54) is 11.8 Å². The lowest BCUT2D eigenvalue weighted by Gasteiger charge is -2.26. The Morgan fingerprint density at radius 1 is 1.33 bits per heavy atom. The molecule has 2 heterocycles. The zero-order chi connectivity index (χ0) is 19.6. The molecule has 0 bridgehead atoms. The summed E-state index contributed by atoms with van der Waals surface area (Å²) in [4.78, 5) is 14.3. The number of hydrogen-bond acceptors (Lipinski definition) is 7. The lowest BCUT2D eigenvalue weighted by atomic mass is 10.1. The molecule has 1 aromatic carbocycles. The van der Waals surface area contributed by atoms with Crippen LogP contribution in [0.5, 0.6) is 0 Å². The van der Waals surface area contributed by atoms with Gasteiger partial charge in [-0.15, -0.1) is 5.10 Å². The van der Waals surface area contributed by atoms with Gasteiger partial charge >= 0.3 is 0 Å². The molecule has 146 valence electrons. The molecule has 0 saturated carbocycles. The molecule has 2 aromatic rings. The highest BCUT2D eigenvalue weighted by molar-refractivity contribution is 7.99. The number of amides is 1. The number of rotatable bonds is 6. The van der Waals surface area contributed by atoms with Crippen LogP contribution in [0.4, 0.5) is 0 Å². The molecule has 1 aliphatic rings. The van der Waals surface area contributed by atoms with Gasteiger partial charge in [-0.3, -0.25) is 4.79 Å². The molecule has 8 nitrogen and oxygen atoms in total. The lowest BCUT2D eigenvalue weighted by Crippen LogP contribution is -2.42. The third-order valence-electron chi connectivity index (χ3n) is 4.73. The van der Waals surface area contributed by atoms with Crippen LogP contribution in [0.15, 0.2) is 23.4 Å². The number of nitrogens with zero attached hydrogens (tertiary/aromatic N) is 5. The molecule has 1 aliphatic heterocycles. The second-order valence-electron chi connectivity index (χ2n) is 6.64. The van der Waals surface area contributed by atoms with Gasteiger partial charge in [0.1, 0.15) is 0 Å². The summed E-state index contributed by atoms with van der Waals surface area (Å²) in [5.74, 6) is 0.271. The van der Waals surface area contributed by atoms with Crippen molar-refractivity contribution in [2.75, 3.05) is 23.8 Å². The molecule has 0 unspecified atom stereocenters. The molecule has 10 heteroatoms. The fraction of sp³-hybridized carbons (Fsp3) is 0.529. The van der Waals surface area contributed by atoms with Crippen LogP contribution >= 0.6 is 11.8 Å². The van der Waals surface area contributed by atoms with E-state index in [0.29, 0.717) is 18.1 Å². The van der Waals surface area contributed by atoms with Crippen molar-refractivity contribution >= 4 is 27.5 Å². The Bertz CT molecular complexity index is 922. The minimum absolute atomic E-state index is 0.0530. The van der Waals surface area contributed by atoms with E-state index in [0.717, 1.165) is 16.8 Å². The van der Waals surface area contributed by atoms with E-state index >= 15 is 0 Å². The highest BCUT2D eigenvalue weighted by Crippen LogP contribution is 2.24. The fourth-order valence-electron chi connectivity index (χ4n) is 3.42. The third kappa shape index (κ3) is 4.32. The highest BCUT2D eigenvalue weighted by Gasteiger charge is 2.34. The molecular weight excluding hydrogens is 386 g/mol. The molecule has 27 heavy (non-hydrogen) atoms. The third-order valence-corrected chi connectivity index (χ3v) is 7.38. The lowest BCUT2D eigenvalue weighted by molar-refractivity contribution is -0.129. The zero-order valence-corrected chi connectivity index (χ0v) is 17.3. The van der Waals surface area contributed by atoms with Gasteiger partial charge in [-0.2, -0.15) is 4.68 Å². The van der Waals surface area contributed by atoms with Gasteiger partial charge in [0.2, 0.25) is 11.1 Å². The van der Waals surface area contributed by atoms with Crippen molar-refractivity contribution in [3.8, 4) is 5.69 Å². The van der Waals surface area contributed by atoms with Crippen molar-refractivity contribution < 1.29 is 13.2 Å². The van der Waals surface area contributed by atoms with E-state index in [4.69, 9.17) is 0 Å².